The first-order valence-electron chi connectivity index (χ1n) is 8.19. The van der Waals surface area contributed by atoms with Gasteiger partial charge in [0.25, 0.3) is 11.8 Å². The van der Waals surface area contributed by atoms with E-state index in [1.54, 1.807) is 18.2 Å². The van der Waals surface area contributed by atoms with Crippen molar-refractivity contribution in [1.82, 2.24) is 15.5 Å². The van der Waals surface area contributed by atoms with Crippen LogP contribution in [0.15, 0.2) is 53.1 Å². The highest BCUT2D eigenvalue weighted by molar-refractivity contribution is 5.94. The van der Waals surface area contributed by atoms with Crippen molar-refractivity contribution in [3.05, 3.63) is 65.8 Å². The average molecular weight is 369 g/mol. The first-order valence-corrected chi connectivity index (χ1v) is 8.19. The molecule has 0 aliphatic heterocycles. The van der Waals surface area contributed by atoms with Gasteiger partial charge in [0.05, 0.1) is 20.8 Å². The van der Waals surface area contributed by atoms with Crippen LogP contribution in [-0.4, -0.2) is 30.3 Å². The van der Waals surface area contributed by atoms with Crippen molar-refractivity contribution in [3.63, 3.8) is 0 Å². The van der Waals surface area contributed by atoms with Gasteiger partial charge in [0.15, 0.2) is 23.9 Å². The molecule has 3 rings (SSSR count). The molecule has 0 bridgehead atoms. The van der Waals surface area contributed by atoms with Crippen LogP contribution in [0.1, 0.15) is 22.1 Å². The normalized spacial score (nSPS) is 10.3. The van der Waals surface area contributed by atoms with Crippen molar-refractivity contribution in [2.75, 3.05) is 14.2 Å². The third kappa shape index (κ3) is 4.75. The molecule has 8 heteroatoms. The van der Waals surface area contributed by atoms with Crippen LogP contribution in [0.4, 0.5) is 0 Å². The topological polar surface area (TPSA) is 95.7 Å². The van der Waals surface area contributed by atoms with Crippen molar-refractivity contribution in [3.8, 4) is 17.2 Å². The predicted molar refractivity (Wildman–Crippen MR) is 95.8 cm³/mol. The largest absolute Gasteiger partial charge is 0.493 e. The lowest BCUT2D eigenvalue weighted by Crippen LogP contribution is -2.23. The summed E-state index contributed by atoms with van der Waals surface area (Å²) in [7, 11) is 3.05. The van der Waals surface area contributed by atoms with Crippen LogP contribution in [0.2, 0.25) is 0 Å². The van der Waals surface area contributed by atoms with Gasteiger partial charge in [-0.3, -0.25) is 4.79 Å². The molecule has 1 N–H and O–H groups in total. The van der Waals surface area contributed by atoms with Crippen LogP contribution < -0.4 is 19.5 Å². The number of carbonyl (C=O) groups excluding carboxylic acids is 1. The van der Waals surface area contributed by atoms with Gasteiger partial charge in [-0.1, -0.05) is 23.4 Å². The van der Waals surface area contributed by atoms with E-state index in [1.807, 2.05) is 30.3 Å². The van der Waals surface area contributed by atoms with Gasteiger partial charge in [0, 0.05) is 5.56 Å². The molecule has 0 atom stereocenters. The minimum Gasteiger partial charge on any atom is -0.493 e. The molecule has 27 heavy (non-hydrogen) atoms. The Bertz CT molecular complexity index is 895. The van der Waals surface area contributed by atoms with Gasteiger partial charge >= 0.3 is 0 Å². The molecule has 3 aromatic rings. The minimum absolute atomic E-state index is 0.127. The fourth-order valence-electron chi connectivity index (χ4n) is 2.32. The average Bonchev–Trinajstić information content (AvgIpc) is 3.18. The fourth-order valence-corrected chi connectivity index (χ4v) is 2.32. The number of hydrogen-bond acceptors (Lipinski definition) is 7. The predicted octanol–water partition coefficient (Wildman–Crippen LogP) is 2.60. The van der Waals surface area contributed by atoms with Gasteiger partial charge in [0.2, 0.25) is 0 Å². The molecule has 1 amide bonds. The number of para-hydroxylation sites is 1. The lowest BCUT2D eigenvalue weighted by molar-refractivity contribution is 0.0949. The minimum atomic E-state index is -0.289. The molecule has 0 saturated carbocycles. The quantitative estimate of drug-likeness (QED) is 0.652. The Morgan fingerprint density at radius 1 is 1.07 bits per heavy atom. The maximum absolute atomic E-state index is 12.3. The van der Waals surface area contributed by atoms with E-state index in [4.69, 9.17) is 18.7 Å². The van der Waals surface area contributed by atoms with Crippen molar-refractivity contribution >= 4 is 5.91 Å². The summed E-state index contributed by atoms with van der Waals surface area (Å²) in [5.74, 6) is 2.13. The third-order valence-corrected chi connectivity index (χ3v) is 3.67. The van der Waals surface area contributed by atoms with Gasteiger partial charge in [-0.05, 0) is 30.3 Å². The lowest BCUT2D eigenvalue weighted by Gasteiger charge is -2.09. The van der Waals surface area contributed by atoms with Crippen molar-refractivity contribution in [2.45, 2.75) is 13.2 Å². The number of benzene rings is 2. The number of nitrogens with zero attached hydrogens (tertiary/aromatic N) is 2. The molecule has 0 radical (unpaired) electrons. The number of rotatable bonds is 8. The molecule has 8 nitrogen and oxygen atoms in total. The van der Waals surface area contributed by atoms with E-state index in [1.165, 1.54) is 14.2 Å². The molecule has 1 heterocycles. The van der Waals surface area contributed by atoms with E-state index in [0.717, 1.165) is 0 Å². The van der Waals surface area contributed by atoms with E-state index < -0.39 is 0 Å². The molecule has 140 valence electrons. The second kappa shape index (κ2) is 8.70. The number of amides is 1. The molecular formula is C19H19N3O5. The van der Waals surface area contributed by atoms with E-state index >= 15 is 0 Å². The van der Waals surface area contributed by atoms with Crippen molar-refractivity contribution in [1.29, 1.82) is 0 Å². The molecule has 0 unspecified atom stereocenters. The molecule has 0 aliphatic carbocycles. The summed E-state index contributed by atoms with van der Waals surface area (Å²) in [6.07, 6.45) is 0. The zero-order valence-electron chi connectivity index (χ0n) is 15.0. The Labute approximate surface area is 156 Å². The summed E-state index contributed by atoms with van der Waals surface area (Å²) < 4.78 is 21.0. The van der Waals surface area contributed by atoms with Crippen LogP contribution in [0, 0.1) is 0 Å². The SMILES string of the molecule is COc1ccc(C(=O)NCc2noc(COc3ccccc3)n2)cc1OC. The molecule has 0 saturated heterocycles. The second-order valence-electron chi connectivity index (χ2n) is 5.46. The van der Waals surface area contributed by atoms with Gasteiger partial charge in [0.1, 0.15) is 5.75 Å². The number of aromatic nitrogens is 2. The lowest BCUT2D eigenvalue weighted by atomic mass is 10.2. The first kappa shape index (κ1) is 18.2. The molecule has 0 aliphatic rings. The number of hydrogen-bond donors (Lipinski definition) is 1. The van der Waals surface area contributed by atoms with Crippen LogP contribution in [0.25, 0.3) is 0 Å². The van der Waals surface area contributed by atoms with Gasteiger partial charge in [-0.2, -0.15) is 4.98 Å². The Hall–Kier alpha value is -3.55. The number of methoxy groups -OCH3 is 2. The molecule has 2 aromatic carbocycles. The number of nitrogens with one attached hydrogen (secondary N) is 1. The van der Waals surface area contributed by atoms with E-state index in [9.17, 15) is 4.79 Å². The molecule has 0 spiro atoms. The van der Waals surface area contributed by atoms with Crippen molar-refractivity contribution < 1.29 is 23.5 Å². The summed E-state index contributed by atoms with van der Waals surface area (Å²) in [4.78, 5) is 16.5. The monoisotopic (exact) mass is 369 g/mol. The molecule has 1 aromatic heterocycles. The second-order valence-corrected chi connectivity index (χ2v) is 5.46. The standard InChI is InChI=1S/C19H19N3O5/c1-24-15-9-8-13(10-16(15)25-2)19(23)20-11-17-21-18(27-22-17)12-26-14-6-4-3-5-7-14/h3-10H,11-12H2,1-2H3,(H,20,23). The Morgan fingerprint density at radius 2 is 1.85 bits per heavy atom. The summed E-state index contributed by atoms with van der Waals surface area (Å²) in [5.41, 5.74) is 0.434. The van der Waals surface area contributed by atoms with Crippen LogP contribution in [0.3, 0.4) is 0 Å². The highest BCUT2D eigenvalue weighted by Crippen LogP contribution is 2.27. The summed E-state index contributed by atoms with van der Waals surface area (Å²) >= 11 is 0. The van der Waals surface area contributed by atoms with Gasteiger partial charge in [-0.25, -0.2) is 0 Å². The Morgan fingerprint density at radius 3 is 2.59 bits per heavy atom. The number of carbonyl (C=O) groups is 1. The zero-order chi connectivity index (χ0) is 19.1. The summed E-state index contributed by atoms with van der Waals surface area (Å²) in [6, 6.07) is 14.2. The maximum atomic E-state index is 12.3. The third-order valence-electron chi connectivity index (χ3n) is 3.67. The Balaban J connectivity index is 1.54. The summed E-state index contributed by atoms with van der Waals surface area (Å²) in [5, 5.41) is 6.56. The van der Waals surface area contributed by atoms with Gasteiger partial charge in [-0.15, -0.1) is 0 Å². The van der Waals surface area contributed by atoms with E-state index in [2.05, 4.69) is 15.5 Å². The van der Waals surface area contributed by atoms with E-state index in [0.29, 0.717) is 34.5 Å². The highest BCUT2D eigenvalue weighted by atomic mass is 16.5. The van der Waals surface area contributed by atoms with Crippen LogP contribution >= 0.6 is 0 Å². The zero-order valence-corrected chi connectivity index (χ0v) is 15.0. The van der Waals surface area contributed by atoms with E-state index in [-0.39, 0.29) is 19.1 Å². The van der Waals surface area contributed by atoms with Crippen LogP contribution in [0.5, 0.6) is 17.2 Å². The molecular weight excluding hydrogens is 350 g/mol. The smallest absolute Gasteiger partial charge is 0.264 e. The fraction of sp³-hybridized carbons (Fsp3) is 0.211. The Kier molecular flexibility index (Phi) is 5.88. The van der Waals surface area contributed by atoms with Crippen LogP contribution in [-0.2, 0) is 13.2 Å². The van der Waals surface area contributed by atoms with Gasteiger partial charge < -0.3 is 24.1 Å². The molecule has 0 fully saturated rings. The first-order chi connectivity index (χ1) is 13.2. The number of ether oxygens (including phenoxy) is 3. The highest BCUT2D eigenvalue weighted by Gasteiger charge is 2.12. The summed E-state index contributed by atoms with van der Waals surface area (Å²) in [6.45, 7) is 0.280. The maximum Gasteiger partial charge on any atom is 0.264 e. The van der Waals surface area contributed by atoms with Crippen molar-refractivity contribution in [2.24, 2.45) is 0 Å².